The summed E-state index contributed by atoms with van der Waals surface area (Å²) in [5, 5.41) is 3.87. The standard InChI is InChI=1S/C16H32N2/c1-14(2)16(10-5-6-12-17-16)11-9-15-8-4-7-13-18(15)3/h14-15,17H,4-13H2,1-3H3. The summed E-state index contributed by atoms with van der Waals surface area (Å²) in [5.41, 5.74) is 0.441. The summed E-state index contributed by atoms with van der Waals surface area (Å²) in [6.07, 6.45) is 11.2. The minimum Gasteiger partial charge on any atom is -0.311 e. The van der Waals surface area contributed by atoms with Gasteiger partial charge in [0.2, 0.25) is 0 Å². The molecule has 2 heteroatoms. The molecule has 2 saturated heterocycles. The van der Waals surface area contributed by atoms with E-state index in [1.807, 2.05) is 0 Å². The first-order valence-corrected chi connectivity index (χ1v) is 8.09. The zero-order valence-electron chi connectivity index (χ0n) is 12.7. The Kier molecular flexibility index (Phi) is 5.08. The van der Waals surface area contributed by atoms with E-state index in [2.05, 4.69) is 31.1 Å². The van der Waals surface area contributed by atoms with Gasteiger partial charge in [0.25, 0.3) is 0 Å². The van der Waals surface area contributed by atoms with Crippen molar-refractivity contribution in [3.63, 3.8) is 0 Å². The third kappa shape index (κ3) is 3.27. The Morgan fingerprint density at radius 1 is 1.22 bits per heavy atom. The maximum atomic E-state index is 3.87. The second-order valence-electron chi connectivity index (χ2n) is 6.86. The van der Waals surface area contributed by atoms with Crippen molar-refractivity contribution in [2.75, 3.05) is 20.1 Å². The maximum absolute atomic E-state index is 3.87. The van der Waals surface area contributed by atoms with Crippen molar-refractivity contribution >= 4 is 0 Å². The maximum Gasteiger partial charge on any atom is 0.0205 e. The predicted molar refractivity (Wildman–Crippen MR) is 78.9 cm³/mol. The van der Waals surface area contributed by atoms with Gasteiger partial charge in [0.1, 0.15) is 0 Å². The van der Waals surface area contributed by atoms with E-state index in [4.69, 9.17) is 0 Å². The van der Waals surface area contributed by atoms with Crippen molar-refractivity contribution in [3.8, 4) is 0 Å². The Bertz CT molecular complexity index is 243. The van der Waals surface area contributed by atoms with Gasteiger partial charge in [-0.1, -0.05) is 26.7 Å². The van der Waals surface area contributed by atoms with Gasteiger partial charge in [-0.2, -0.15) is 0 Å². The Hall–Kier alpha value is -0.0800. The quantitative estimate of drug-likeness (QED) is 0.825. The molecule has 18 heavy (non-hydrogen) atoms. The fourth-order valence-corrected chi connectivity index (χ4v) is 3.92. The van der Waals surface area contributed by atoms with Crippen LogP contribution in [0.25, 0.3) is 0 Å². The molecule has 2 heterocycles. The van der Waals surface area contributed by atoms with Gasteiger partial charge in [0, 0.05) is 11.6 Å². The Morgan fingerprint density at radius 2 is 2.06 bits per heavy atom. The van der Waals surface area contributed by atoms with Crippen molar-refractivity contribution < 1.29 is 0 Å². The molecule has 2 aliphatic heterocycles. The largest absolute Gasteiger partial charge is 0.311 e. The predicted octanol–water partition coefficient (Wildman–Crippen LogP) is 3.42. The lowest BCUT2D eigenvalue weighted by molar-refractivity contribution is 0.123. The molecular weight excluding hydrogens is 220 g/mol. The van der Waals surface area contributed by atoms with Crippen LogP contribution in [0.3, 0.4) is 0 Å². The lowest BCUT2D eigenvalue weighted by atomic mass is 9.75. The van der Waals surface area contributed by atoms with Gasteiger partial charge in [-0.15, -0.1) is 0 Å². The highest BCUT2D eigenvalue weighted by Gasteiger charge is 2.35. The Morgan fingerprint density at radius 3 is 2.67 bits per heavy atom. The monoisotopic (exact) mass is 252 g/mol. The summed E-state index contributed by atoms with van der Waals surface area (Å²) < 4.78 is 0. The van der Waals surface area contributed by atoms with Crippen molar-refractivity contribution in [1.82, 2.24) is 10.2 Å². The van der Waals surface area contributed by atoms with E-state index < -0.39 is 0 Å². The number of likely N-dealkylation sites (tertiary alicyclic amines) is 1. The lowest BCUT2D eigenvalue weighted by Gasteiger charge is -2.44. The number of piperidine rings is 2. The van der Waals surface area contributed by atoms with Crippen LogP contribution in [-0.4, -0.2) is 36.6 Å². The highest BCUT2D eigenvalue weighted by Crippen LogP contribution is 2.33. The van der Waals surface area contributed by atoms with Gasteiger partial charge in [-0.25, -0.2) is 0 Å². The lowest BCUT2D eigenvalue weighted by Crippen LogP contribution is -2.53. The van der Waals surface area contributed by atoms with E-state index in [1.54, 1.807) is 0 Å². The van der Waals surface area contributed by atoms with Gasteiger partial charge in [0.15, 0.2) is 0 Å². The topological polar surface area (TPSA) is 15.3 Å². The van der Waals surface area contributed by atoms with Crippen LogP contribution in [0, 0.1) is 5.92 Å². The van der Waals surface area contributed by atoms with Crippen molar-refractivity contribution in [2.24, 2.45) is 5.92 Å². The summed E-state index contributed by atoms with van der Waals surface area (Å²) in [6.45, 7) is 7.36. The van der Waals surface area contributed by atoms with Crippen LogP contribution in [0.4, 0.5) is 0 Å². The number of nitrogens with zero attached hydrogens (tertiary/aromatic N) is 1. The number of hydrogen-bond acceptors (Lipinski definition) is 2. The number of rotatable bonds is 4. The normalized spacial score (nSPS) is 35.0. The van der Waals surface area contributed by atoms with Crippen LogP contribution in [0.1, 0.15) is 65.2 Å². The molecule has 0 aromatic heterocycles. The van der Waals surface area contributed by atoms with E-state index in [1.165, 1.54) is 64.5 Å². The highest BCUT2D eigenvalue weighted by molar-refractivity contribution is 4.94. The molecule has 2 unspecified atom stereocenters. The fourth-order valence-electron chi connectivity index (χ4n) is 3.92. The summed E-state index contributed by atoms with van der Waals surface area (Å²) in [6, 6.07) is 0.845. The van der Waals surface area contributed by atoms with Crippen LogP contribution in [0.2, 0.25) is 0 Å². The molecular formula is C16H32N2. The number of nitrogens with one attached hydrogen (secondary N) is 1. The van der Waals surface area contributed by atoms with Crippen molar-refractivity contribution in [2.45, 2.75) is 76.8 Å². The van der Waals surface area contributed by atoms with E-state index in [9.17, 15) is 0 Å². The molecule has 0 aliphatic carbocycles. The van der Waals surface area contributed by atoms with E-state index >= 15 is 0 Å². The van der Waals surface area contributed by atoms with Crippen LogP contribution in [0.5, 0.6) is 0 Å². The van der Waals surface area contributed by atoms with E-state index in [-0.39, 0.29) is 0 Å². The van der Waals surface area contributed by atoms with Crippen LogP contribution in [0.15, 0.2) is 0 Å². The molecule has 2 rings (SSSR count). The van der Waals surface area contributed by atoms with Crippen LogP contribution < -0.4 is 5.32 Å². The second-order valence-corrected chi connectivity index (χ2v) is 6.86. The Labute approximate surface area is 114 Å². The zero-order valence-corrected chi connectivity index (χ0v) is 12.7. The smallest absolute Gasteiger partial charge is 0.0205 e. The van der Waals surface area contributed by atoms with Crippen LogP contribution in [-0.2, 0) is 0 Å². The molecule has 0 spiro atoms. The molecule has 106 valence electrons. The molecule has 2 fully saturated rings. The molecule has 0 amide bonds. The SMILES string of the molecule is CC(C)C1(CCC2CCCCN2C)CCCCN1. The molecule has 2 nitrogen and oxygen atoms in total. The van der Waals surface area contributed by atoms with Gasteiger partial charge in [0.05, 0.1) is 0 Å². The molecule has 0 aromatic rings. The first-order valence-electron chi connectivity index (χ1n) is 8.09. The van der Waals surface area contributed by atoms with Gasteiger partial charge in [-0.05, 0) is 64.6 Å². The summed E-state index contributed by atoms with van der Waals surface area (Å²) in [7, 11) is 2.32. The van der Waals surface area contributed by atoms with Gasteiger partial charge >= 0.3 is 0 Å². The van der Waals surface area contributed by atoms with Gasteiger partial charge < -0.3 is 10.2 Å². The molecule has 0 aromatic carbocycles. The molecule has 2 atom stereocenters. The average Bonchev–Trinajstić information content (AvgIpc) is 2.39. The first-order chi connectivity index (χ1) is 8.64. The summed E-state index contributed by atoms with van der Waals surface area (Å²) >= 11 is 0. The average molecular weight is 252 g/mol. The van der Waals surface area contributed by atoms with E-state index in [0.29, 0.717) is 5.54 Å². The minimum atomic E-state index is 0.441. The number of hydrogen-bond donors (Lipinski definition) is 1. The Balaban J connectivity index is 1.88. The third-order valence-electron chi connectivity index (χ3n) is 5.48. The molecule has 0 bridgehead atoms. The third-order valence-corrected chi connectivity index (χ3v) is 5.48. The zero-order chi connectivity index (χ0) is 13.0. The van der Waals surface area contributed by atoms with E-state index in [0.717, 1.165) is 12.0 Å². The van der Waals surface area contributed by atoms with Crippen molar-refractivity contribution in [3.05, 3.63) is 0 Å². The minimum absolute atomic E-state index is 0.441. The summed E-state index contributed by atoms with van der Waals surface area (Å²) in [5.74, 6) is 0.770. The first kappa shape index (κ1) is 14.3. The highest BCUT2D eigenvalue weighted by atomic mass is 15.1. The molecule has 0 saturated carbocycles. The second kappa shape index (κ2) is 6.38. The van der Waals surface area contributed by atoms with Crippen LogP contribution >= 0.6 is 0 Å². The molecule has 0 radical (unpaired) electrons. The fraction of sp³-hybridized carbons (Fsp3) is 1.00. The van der Waals surface area contributed by atoms with Gasteiger partial charge in [-0.3, -0.25) is 0 Å². The van der Waals surface area contributed by atoms with Crippen molar-refractivity contribution in [1.29, 1.82) is 0 Å². The molecule has 1 N–H and O–H groups in total. The summed E-state index contributed by atoms with van der Waals surface area (Å²) in [4.78, 5) is 2.60. The molecule has 2 aliphatic rings.